The van der Waals surface area contributed by atoms with Crippen molar-refractivity contribution in [2.45, 2.75) is 39.7 Å². The first-order valence-corrected chi connectivity index (χ1v) is 7.80. The van der Waals surface area contributed by atoms with Gasteiger partial charge in [-0.15, -0.1) is 0 Å². The van der Waals surface area contributed by atoms with Crippen molar-refractivity contribution in [1.82, 2.24) is 10.2 Å². The lowest BCUT2D eigenvalue weighted by Crippen LogP contribution is -2.46. The molecule has 1 aliphatic heterocycles. The van der Waals surface area contributed by atoms with Crippen molar-refractivity contribution < 1.29 is 14.3 Å². The number of nitrogens with one attached hydrogen (secondary N) is 1. The smallest absolute Gasteiger partial charge is 0.409 e. The van der Waals surface area contributed by atoms with E-state index in [9.17, 15) is 9.59 Å². The van der Waals surface area contributed by atoms with E-state index in [0.29, 0.717) is 25.3 Å². The minimum absolute atomic E-state index is 0.0404. The molecule has 5 nitrogen and oxygen atoms in total. The summed E-state index contributed by atoms with van der Waals surface area (Å²) in [7, 11) is 0. The molecule has 0 unspecified atom stereocenters. The van der Waals surface area contributed by atoms with Crippen LogP contribution >= 0.6 is 0 Å². The molecule has 22 heavy (non-hydrogen) atoms. The molecule has 0 aliphatic carbocycles. The lowest BCUT2D eigenvalue weighted by Gasteiger charge is -2.31. The number of aryl methyl sites for hydroxylation is 2. The third kappa shape index (κ3) is 4.23. The summed E-state index contributed by atoms with van der Waals surface area (Å²) in [6, 6.07) is 5.96. The first kappa shape index (κ1) is 16.3. The number of hydrogen-bond donors (Lipinski definition) is 1. The van der Waals surface area contributed by atoms with Crippen molar-refractivity contribution in [2.24, 2.45) is 0 Å². The maximum atomic E-state index is 12.3. The van der Waals surface area contributed by atoms with Crippen molar-refractivity contribution in [3.8, 4) is 0 Å². The highest BCUT2D eigenvalue weighted by molar-refractivity contribution is 5.94. The van der Waals surface area contributed by atoms with E-state index in [-0.39, 0.29) is 18.0 Å². The fourth-order valence-electron chi connectivity index (χ4n) is 2.80. The van der Waals surface area contributed by atoms with Crippen LogP contribution in [0, 0.1) is 13.8 Å². The molecule has 2 rings (SSSR count). The SMILES string of the molecule is CCOC(=O)N1CCC(NC(=O)c2cc(C)cc(C)c2)CC1. The zero-order chi connectivity index (χ0) is 16.1. The predicted molar refractivity (Wildman–Crippen MR) is 85.0 cm³/mol. The second-order valence-electron chi connectivity index (χ2n) is 5.81. The fraction of sp³-hybridized carbons (Fsp3) is 0.529. The van der Waals surface area contributed by atoms with Crippen molar-refractivity contribution in [3.05, 3.63) is 34.9 Å². The van der Waals surface area contributed by atoms with E-state index in [1.165, 1.54) is 0 Å². The summed E-state index contributed by atoms with van der Waals surface area (Å²) in [5, 5.41) is 3.06. The normalized spacial score (nSPS) is 15.5. The summed E-state index contributed by atoms with van der Waals surface area (Å²) in [6.45, 7) is 7.41. The molecule has 5 heteroatoms. The zero-order valence-corrected chi connectivity index (χ0v) is 13.5. The highest BCUT2D eigenvalue weighted by atomic mass is 16.6. The lowest BCUT2D eigenvalue weighted by molar-refractivity contribution is 0.0860. The summed E-state index contributed by atoms with van der Waals surface area (Å²) in [5.41, 5.74) is 2.87. The molecule has 0 atom stereocenters. The Kier molecular flexibility index (Phi) is 5.41. The summed E-state index contributed by atoms with van der Waals surface area (Å²) in [4.78, 5) is 25.7. The Bertz CT molecular complexity index is 529. The molecule has 0 radical (unpaired) electrons. The number of rotatable bonds is 3. The quantitative estimate of drug-likeness (QED) is 0.934. The second-order valence-corrected chi connectivity index (χ2v) is 5.81. The maximum Gasteiger partial charge on any atom is 0.409 e. The number of ether oxygens (including phenoxy) is 1. The van der Waals surface area contributed by atoms with E-state index < -0.39 is 0 Å². The Balaban J connectivity index is 1.88. The number of hydrogen-bond acceptors (Lipinski definition) is 3. The molecule has 2 amide bonds. The van der Waals surface area contributed by atoms with Crippen LogP contribution in [0.1, 0.15) is 41.3 Å². The Morgan fingerprint density at radius 2 is 1.77 bits per heavy atom. The van der Waals surface area contributed by atoms with Gasteiger partial charge in [0, 0.05) is 24.7 Å². The Labute approximate surface area is 131 Å². The topological polar surface area (TPSA) is 58.6 Å². The Morgan fingerprint density at radius 1 is 1.18 bits per heavy atom. The molecule has 0 aromatic heterocycles. The largest absolute Gasteiger partial charge is 0.450 e. The summed E-state index contributed by atoms with van der Waals surface area (Å²) >= 11 is 0. The lowest BCUT2D eigenvalue weighted by atomic mass is 10.0. The van der Waals surface area contributed by atoms with Gasteiger partial charge in [-0.1, -0.05) is 17.2 Å². The molecule has 1 heterocycles. The van der Waals surface area contributed by atoms with Crippen LogP contribution in [0.5, 0.6) is 0 Å². The van der Waals surface area contributed by atoms with E-state index in [0.717, 1.165) is 24.0 Å². The second kappa shape index (κ2) is 7.29. The third-order valence-electron chi connectivity index (χ3n) is 3.84. The number of carbonyl (C=O) groups is 2. The number of piperidine rings is 1. The van der Waals surface area contributed by atoms with Crippen LogP contribution in [0.3, 0.4) is 0 Å². The van der Waals surface area contributed by atoms with Crippen molar-refractivity contribution in [1.29, 1.82) is 0 Å². The molecule has 0 bridgehead atoms. The van der Waals surface area contributed by atoms with E-state index in [2.05, 4.69) is 11.4 Å². The molecular weight excluding hydrogens is 280 g/mol. The Hall–Kier alpha value is -2.04. The number of nitrogens with zero attached hydrogens (tertiary/aromatic N) is 1. The molecule has 120 valence electrons. The highest BCUT2D eigenvalue weighted by Crippen LogP contribution is 2.14. The first-order valence-electron chi connectivity index (χ1n) is 7.80. The van der Waals surface area contributed by atoms with Gasteiger partial charge in [-0.2, -0.15) is 0 Å². The number of benzene rings is 1. The van der Waals surface area contributed by atoms with Crippen LogP contribution in [-0.4, -0.2) is 42.6 Å². The molecule has 1 aromatic rings. The van der Waals surface area contributed by atoms with Gasteiger partial charge in [-0.3, -0.25) is 4.79 Å². The molecule has 1 aromatic carbocycles. The molecule has 1 saturated heterocycles. The minimum atomic E-state index is -0.262. The van der Waals surface area contributed by atoms with Crippen molar-refractivity contribution in [3.63, 3.8) is 0 Å². The van der Waals surface area contributed by atoms with Crippen LogP contribution < -0.4 is 5.32 Å². The third-order valence-corrected chi connectivity index (χ3v) is 3.84. The summed E-state index contributed by atoms with van der Waals surface area (Å²) in [5.74, 6) is -0.0404. The van der Waals surface area contributed by atoms with Gasteiger partial charge in [-0.05, 0) is 45.7 Å². The van der Waals surface area contributed by atoms with Gasteiger partial charge >= 0.3 is 6.09 Å². The number of carbonyl (C=O) groups excluding carboxylic acids is 2. The van der Waals surface area contributed by atoms with Crippen LogP contribution in [0.4, 0.5) is 4.79 Å². The average Bonchev–Trinajstić information content (AvgIpc) is 2.47. The molecule has 1 fully saturated rings. The van der Waals surface area contributed by atoms with Crippen LogP contribution in [0.2, 0.25) is 0 Å². The first-order chi connectivity index (χ1) is 10.5. The van der Waals surface area contributed by atoms with E-state index in [1.807, 2.05) is 26.0 Å². The van der Waals surface area contributed by atoms with Crippen molar-refractivity contribution in [2.75, 3.05) is 19.7 Å². The average molecular weight is 304 g/mol. The van der Waals surface area contributed by atoms with Crippen LogP contribution in [-0.2, 0) is 4.74 Å². The molecule has 1 N–H and O–H groups in total. The molecule has 0 saturated carbocycles. The summed E-state index contributed by atoms with van der Waals surface area (Å²) in [6.07, 6.45) is 1.26. The van der Waals surface area contributed by atoms with E-state index >= 15 is 0 Å². The molecule has 1 aliphatic rings. The monoisotopic (exact) mass is 304 g/mol. The molecular formula is C17H24N2O3. The maximum absolute atomic E-state index is 12.3. The van der Waals surface area contributed by atoms with Gasteiger partial charge in [0.05, 0.1) is 6.61 Å². The van der Waals surface area contributed by atoms with Crippen LogP contribution in [0.25, 0.3) is 0 Å². The van der Waals surface area contributed by atoms with Gasteiger partial charge < -0.3 is 15.0 Å². The molecule has 0 spiro atoms. The minimum Gasteiger partial charge on any atom is -0.450 e. The van der Waals surface area contributed by atoms with Gasteiger partial charge in [0.15, 0.2) is 0 Å². The number of amides is 2. The summed E-state index contributed by atoms with van der Waals surface area (Å²) < 4.78 is 4.99. The van der Waals surface area contributed by atoms with Gasteiger partial charge in [0.25, 0.3) is 5.91 Å². The fourth-order valence-corrected chi connectivity index (χ4v) is 2.80. The predicted octanol–water partition coefficient (Wildman–Crippen LogP) is 2.65. The zero-order valence-electron chi connectivity index (χ0n) is 13.5. The van der Waals surface area contributed by atoms with Gasteiger partial charge in [0.2, 0.25) is 0 Å². The Morgan fingerprint density at radius 3 is 2.32 bits per heavy atom. The van der Waals surface area contributed by atoms with E-state index in [1.54, 1.807) is 11.8 Å². The van der Waals surface area contributed by atoms with Crippen LogP contribution in [0.15, 0.2) is 18.2 Å². The van der Waals surface area contributed by atoms with Gasteiger partial charge in [0.1, 0.15) is 0 Å². The van der Waals surface area contributed by atoms with E-state index in [4.69, 9.17) is 4.74 Å². The standard InChI is InChI=1S/C17H24N2O3/c1-4-22-17(21)19-7-5-15(6-8-19)18-16(20)14-10-12(2)9-13(3)11-14/h9-11,15H,4-8H2,1-3H3,(H,18,20). The van der Waals surface area contributed by atoms with Crippen molar-refractivity contribution >= 4 is 12.0 Å². The highest BCUT2D eigenvalue weighted by Gasteiger charge is 2.24. The van der Waals surface area contributed by atoms with Gasteiger partial charge in [-0.25, -0.2) is 4.79 Å². The number of likely N-dealkylation sites (tertiary alicyclic amines) is 1.